The number of halogens is 3. The van der Waals surface area contributed by atoms with Gasteiger partial charge in [0.1, 0.15) is 5.75 Å². The van der Waals surface area contributed by atoms with E-state index in [-0.39, 0.29) is 47.2 Å². The molecule has 0 heterocycles. The fourth-order valence-corrected chi connectivity index (χ4v) is 6.47. The van der Waals surface area contributed by atoms with Crippen molar-refractivity contribution in [2.75, 3.05) is 30.3 Å². The second-order valence-corrected chi connectivity index (χ2v) is 13.6. The number of ether oxygens (including phenoxy) is 1. The molecule has 13 heteroatoms. The summed E-state index contributed by atoms with van der Waals surface area (Å²) in [4.78, 5) is 27.5. The number of methoxy groups -OCH3 is 1. The summed E-state index contributed by atoms with van der Waals surface area (Å²) in [7, 11) is -2.62. The Labute approximate surface area is 299 Å². The van der Waals surface area contributed by atoms with E-state index in [1.54, 1.807) is 48.5 Å². The Bertz CT molecular complexity index is 2120. The molecule has 2 amide bonds. The lowest BCUT2D eigenvalue weighted by atomic mass is 10.0. The standard InChI is InChI=1S/C39H36F3N3O6S/c1-26-3-7-28(8-4-26)29-12-19-35(20-13-29)52(49,50)44-33-14-5-27(6-15-33)25-45(21-22-46)38(48)30-9-16-32(17-10-30)43-37(47)23-31-11-18-34(51-2)24-36(31)39(40,41)42/h3-20,24,44,46H,21-23,25H2,1-2H3,(H,43,47). The fourth-order valence-electron chi connectivity index (χ4n) is 5.42. The van der Waals surface area contributed by atoms with Crippen LogP contribution in [0.25, 0.3) is 11.1 Å². The molecule has 0 atom stereocenters. The summed E-state index contributed by atoms with van der Waals surface area (Å²) in [6.45, 7) is 1.79. The quantitative estimate of drug-likeness (QED) is 0.117. The van der Waals surface area contributed by atoms with Gasteiger partial charge in [-0.05, 0) is 89.8 Å². The van der Waals surface area contributed by atoms with Gasteiger partial charge in [0.05, 0.1) is 30.6 Å². The number of alkyl halides is 3. The molecule has 0 unspecified atom stereocenters. The van der Waals surface area contributed by atoms with Crippen LogP contribution in [0.15, 0.2) is 120 Å². The highest BCUT2D eigenvalue weighted by Crippen LogP contribution is 2.35. The molecular weight excluding hydrogens is 696 g/mol. The van der Waals surface area contributed by atoms with Crippen LogP contribution in [0.5, 0.6) is 5.75 Å². The summed E-state index contributed by atoms with van der Waals surface area (Å²) in [5, 5.41) is 12.2. The SMILES string of the molecule is COc1ccc(CC(=O)Nc2ccc(C(=O)N(CCO)Cc3ccc(NS(=O)(=O)c4ccc(-c5ccc(C)cc5)cc4)cc3)cc2)c(C(F)(F)F)c1. The van der Waals surface area contributed by atoms with E-state index in [1.807, 2.05) is 31.2 Å². The van der Waals surface area contributed by atoms with Gasteiger partial charge in [-0.15, -0.1) is 0 Å². The van der Waals surface area contributed by atoms with Crippen molar-refractivity contribution < 1.29 is 41.0 Å². The second kappa shape index (κ2) is 16.1. The number of anilines is 2. The molecule has 3 N–H and O–H groups in total. The monoisotopic (exact) mass is 731 g/mol. The first-order valence-electron chi connectivity index (χ1n) is 16.1. The van der Waals surface area contributed by atoms with Crippen LogP contribution >= 0.6 is 0 Å². The topological polar surface area (TPSA) is 125 Å². The average molecular weight is 732 g/mol. The zero-order valence-electron chi connectivity index (χ0n) is 28.3. The Balaban J connectivity index is 1.19. The van der Waals surface area contributed by atoms with Crippen LogP contribution in [0.1, 0.15) is 32.6 Å². The highest BCUT2D eigenvalue weighted by Gasteiger charge is 2.34. The number of benzene rings is 5. The second-order valence-electron chi connectivity index (χ2n) is 12.0. The maximum absolute atomic E-state index is 13.6. The van der Waals surface area contributed by atoms with E-state index >= 15 is 0 Å². The number of sulfonamides is 1. The number of hydrogen-bond acceptors (Lipinski definition) is 6. The first-order chi connectivity index (χ1) is 24.7. The van der Waals surface area contributed by atoms with E-state index in [1.165, 1.54) is 48.4 Å². The molecule has 0 aliphatic carbocycles. The molecular formula is C39H36F3N3O6S. The Morgan fingerprint density at radius 2 is 1.40 bits per heavy atom. The van der Waals surface area contributed by atoms with Crippen LogP contribution < -0.4 is 14.8 Å². The zero-order valence-corrected chi connectivity index (χ0v) is 29.1. The summed E-state index contributed by atoms with van der Waals surface area (Å²) in [6.07, 6.45) is -5.21. The summed E-state index contributed by atoms with van der Waals surface area (Å²) in [5.41, 5.74) is 3.33. The van der Waals surface area contributed by atoms with Gasteiger partial charge in [-0.25, -0.2) is 8.42 Å². The van der Waals surface area contributed by atoms with Crippen LogP contribution in [-0.4, -0.2) is 50.5 Å². The number of rotatable bonds is 13. The maximum Gasteiger partial charge on any atom is 0.416 e. The molecule has 5 rings (SSSR count). The zero-order chi connectivity index (χ0) is 37.5. The molecule has 0 saturated carbocycles. The van der Waals surface area contributed by atoms with Gasteiger partial charge in [-0.1, -0.05) is 60.2 Å². The summed E-state index contributed by atoms with van der Waals surface area (Å²) in [5.74, 6) is -1.08. The first kappa shape index (κ1) is 37.6. The molecule has 52 heavy (non-hydrogen) atoms. The number of hydrogen-bond donors (Lipinski definition) is 3. The molecule has 5 aromatic carbocycles. The van der Waals surface area contributed by atoms with Gasteiger partial charge in [0.15, 0.2) is 0 Å². The minimum atomic E-state index is -4.68. The van der Waals surface area contributed by atoms with Crippen molar-refractivity contribution in [3.05, 3.63) is 143 Å². The van der Waals surface area contributed by atoms with Crippen LogP contribution in [-0.2, 0) is 34.0 Å². The molecule has 0 aliphatic heterocycles. The number of carbonyl (C=O) groups excluding carboxylic acids is 2. The molecule has 0 aliphatic rings. The molecule has 0 bridgehead atoms. The molecule has 0 spiro atoms. The Morgan fingerprint density at radius 1 is 0.808 bits per heavy atom. The number of carbonyl (C=O) groups is 2. The van der Waals surface area contributed by atoms with Gasteiger partial charge in [0, 0.05) is 30.0 Å². The third kappa shape index (κ3) is 9.56. The predicted molar refractivity (Wildman–Crippen MR) is 192 cm³/mol. The maximum atomic E-state index is 13.6. The van der Waals surface area contributed by atoms with Gasteiger partial charge in [0.25, 0.3) is 15.9 Å². The average Bonchev–Trinajstić information content (AvgIpc) is 3.12. The summed E-state index contributed by atoms with van der Waals surface area (Å²) < 4.78 is 74.2. The largest absolute Gasteiger partial charge is 0.497 e. The third-order valence-electron chi connectivity index (χ3n) is 8.18. The smallest absolute Gasteiger partial charge is 0.416 e. The number of aryl methyl sites for hydroxylation is 1. The van der Waals surface area contributed by atoms with Crippen molar-refractivity contribution in [1.82, 2.24) is 4.90 Å². The van der Waals surface area contributed by atoms with Crippen molar-refractivity contribution in [3.8, 4) is 16.9 Å². The van der Waals surface area contributed by atoms with Crippen molar-refractivity contribution in [1.29, 1.82) is 0 Å². The van der Waals surface area contributed by atoms with E-state index in [0.29, 0.717) is 11.3 Å². The van der Waals surface area contributed by atoms with E-state index in [4.69, 9.17) is 4.74 Å². The summed E-state index contributed by atoms with van der Waals surface area (Å²) >= 11 is 0. The Morgan fingerprint density at radius 3 is 1.98 bits per heavy atom. The number of nitrogens with one attached hydrogen (secondary N) is 2. The molecule has 0 fully saturated rings. The van der Waals surface area contributed by atoms with Crippen LogP contribution in [0, 0.1) is 6.92 Å². The Hall–Kier alpha value is -5.66. The van der Waals surface area contributed by atoms with Crippen LogP contribution in [0.2, 0.25) is 0 Å². The van der Waals surface area contributed by atoms with Gasteiger partial charge in [-0.2, -0.15) is 13.2 Å². The van der Waals surface area contributed by atoms with E-state index in [2.05, 4.69) is 10.0 Å². The number of nitrogens with zero attached hydrogens (tertiary/aromatic N) is 1. The number of aliphatic hydroxyl groups is 1. The fraction of sp³-hybridized carbons (Fsp3) is 0.179. The lowest BCUT2D eigenvalue weighted by Gasteiger charge is -2.22. The molecule has 0 saturated heterocycles. The van der Waals surface area contributed by atoms with Crippen molar-refractivity contribution in [2.24, 2.45) is 0 Å². The van der Waals surface area contributed by atoms with Crippen molar-refractivity contribution in [3.63, 3.8) is 0 Å². The van der Waals surface area contributed by atoms with Crippen molar-refractivity contribution in [2.45, 2.75) is 31.0 Å². The third-order valence-corrected chi connectivity index (χ3v) is 9.57. The highest BCUT2D eigenvalue weighted by atomic mass is 32.2. The van der Waals surface area contributed by atoms with Crippen molar-refractivity contribution >= 4 is 33.2 Å². The first-order valence-corrected chi connectivity index (χ1v) is 17.6. The highest BCUT2D eigenvalue weighted by molar-refractivity contribution is 7.92. The predicted octanol–water partition coefficient (Wildman–Crippen LogP) is 7.31. The molecule has 0 aromatic heterocycles. The van der Waals surface area contributed by atoms with Gasteiger partial charge in [-0.3, -0.25) is 14.3 Å². The van der Waals surface area contributed by atoms with E-state index in [0.717, 1.165) is 22.8 Å². The molecule has 270 valence electrons. The number of aliphatic hydroxyl groups excluding tert-OH is 1. The van der Waals surface area contributed by atoms with E-state index in [9.17, 15) is 36.3 Å². The van der Waals surface area contributed by atoms with E-state index < -0.39 is 40.0 Å². The summed E-state index contributed by atoms with van der Waals surface area (Å²) in [6, 6.07) is 30.2. The Kier molecular flexibility index (Phi) is 11.7. The molecule has 9 nitrogen and oxygen atoms in total. The van der Waals surface area contributed by atoms with Gasteiger partial charge in [0.2, 0.25) is 5.91 Å². The van der Waals surface area contributed by atoms with Gasteiger partial charge >= 0.3 is 6.18 Å². The normalized spacial score (nSPS) is 11.5. The minimum absolute atomic E-state index is 0.00762. The molecule has 5 aromatic rings. The lowest BCUT2D eigenvalue weighted by Crippen LogP contribution is -2.33. The number of amides is 2. The van der Waals surface area contributed by atoms with Crippen LogP contribution in [0.4, 0.5) is 24.5 Å². The van der Waals surface area contributed by atoms with Gasteiger partial charge < -0.3 is 20.1 Å². The van der Waals surface area contributed by atoms with Crippen LogP contribution in [0.3, 0.4) is 0 Å². The minimum Gasteiger partial charge on any atom is -0.497 e. The molecule has 0 radical (unpaired) electrons. The lowest BCUT2D eigenvalue weighted by molar-refractivity contribution is -0.138.